The summed E-state index contributed by atoms with van der Waals surface area (Å²) in [7, 11) is 0. The van der Waals surface area contributed by atoms with Gasteiger partial charge in [0, 0.05) is 25.5 Å². The van der Waals surface area contributed by atoms with Crippen molar-refractivity contribution in [2.45, 2.75) is 39.3 Å². The van der Waals surface area contributed by atoms with Crippen LogP contribution in [0.5, 0.6) is 0 Å². The average molecular weight is 314 g/mol. The van der Waals surface area contributed by atoms with Gasteiger partial charge in [-0.2, -0.15) is 5.10 Å². The Morgan fingerprint density at radius 3 is 3.04 bits per heavy atom. The van der Waals surface area contributed by atoms with E-state index in [1.54, 1.807) is 6.20 Å². The predicted octanol–water partition coefficient (Wildman–Crippen LogP) is 1.84. The zero-order valence-corrected chi connectivity index (χ0v) is 13.6. The molecule has 0 spiro atoms. The highest BCUT2D eigenvalue weighted by molar-refractivity contribution is 5.74. The summed E-state index contributed by atoms with van der Waals surface area (Å²) in [6.45, 7) is 5.76. The number of amides is 2. The van der Waals surface area contributed by atoms with E-state index in [0.717, 1.165) is 30.6 Å². The third-order valence-corrected chi connectivity index (χ3v) is 4.04. The first-order chi connectivity index (χ1) is 11.1. The molecule has 0 saturated carbocycles. The highest BCUT2D eigenvalue weighted by Gasteiger charge is 2.25. The van der Waals surface area contributed by atoms with Crippen LogP contribution in [0.3, 0.4) is 0 Å². The van der Waals surface area contributed by atoms with Crippen LogP contribution >= 0.6 is 0 Å². The minimum atomic E-state index is -0.0464. The molecule has 0 unspecified atom stereocenters. The summed E-state index contributed by atoms with van der Waals surface area (Å²) in [6.07, 6.45) is 7.65. The van der Waals surface area contributed by atoms with Crippen molar-refractivity contribution >= 4 is 6.03 Å². The van der Waals surface area contributed by atoms with Crippen LogP contribution in [-0.4, -0.2) is 43.8 Å². The molecular formula is C16H22N6O. The first-order valence-electron chi connectivity index (χ1n) is 7.94. The minimum absolute atomic E-state index is 0.0464. The van der Waals surface area contributed by atoms with E-state index in [4.69, 9.17) is 0 Å². The SMILES string of the molecule is Cc1cnn([C@@H]2CCCN(C(=O)NCc3ccnc(C)n3)C2)c1. The maximum absolute atomic E-state index is 12.4. The molecule has 2 amide bonds. The zero-order valence-electron chi connectivity index (χ0n) is 13.6. The number of piperidine rings is 1. The van der Waals surface area contributed by atoms with E-state index in [1.165, 1.54) is 0 Å². The fourth-order valence-corrected chi connectivity index (χ4v) is 2.87. The summed E-state index contributed by atoms with van der Waals surface area (Å²) in [6, 6.07) is 2.03. The van der Waals surface area contributed by atoms with Gasteiger partial charge in [-0.05, 0) is 38.3 Å². The lowest BCUT2D eigenvalue weighted by atomic mass is 10.1. The molecule has 0 bridgehead atoms. The van der Waals surface area contributed by atoms with Crippen LogP contribution in [0.1, 0.15) is 36.0 Å². The Kier molecular flexibility index (Phi) is 4.55. The van der Waals surface area contributed by atoms with Gasteiger partial charge in [0.25, 0.3) is 0 Å². The van der Waals surface area contributed by atoms with Gasteiger partial charge in [0.2, 0.25) is 0 Å². The highest BCUT2D eigenvalue weighted by Crippen LogP contribution is 2.21. The number of hydrogen-bond donors (Lipinski definition) is 1. The van der Waals surface area contributed by atoms with Gasteiger partial charge in [0.15, 0.2) is 0 Å². The fourth-order valence-electron chi connectivity index (χ4n) is 2.87. The Balaban J connectivity index is 1.56. The molecule has 7 nitrogen and oxygen atoms in total. The Hall–Kier alpha value is -2.44. The maximum Gasteiger partial charge on any atom is 0.317 e. The van der Waals surface area contributed by atoms with Crippen LogP contribution in [0.25, 0.3) is 0 Å². The third-order valence-electron chi connectivity index (χ3n) is 4.04. The summed E-state index contributed by atoms with van der Waals surface area (Å²) < 4.78 is 1.97. The standard InChI is InChI=1S/C16H22N6O/c1-12-8-19-22(10-12)15-4-3-7-21(11-15)16(23)18-9-14-5-6-17-13(2)20-14/h5-6,8,10,15H,3-4,7,9,11H2,1-2H3,(H,18,23)/t15-/m1/s1. The van der Waals surface area contributed by atoms with Crippen LogP contribution in [0, 0.1) is 13.8 Å². The van der Waals surface area contributed by atoms with Crippen LogP contribution in [-0.2, 0) is 6.54 Å². The van der Waals surface area contributed by atoms with Gasteiger partial charge >= 0.3 is 6.03 Å². The van der Waals surface area contributed by atoms with Crippen molar-refractivity contribution in [3.8, 4) is 0 Å². The number of aromatic nitrogens is 4. The molecular weight excluding hydrogens is 292 g/mol. The molecule has 3 rings (SSSR count). The predicted molar refractivity (Wildman–Crippen MR) is 85.8 cm³/mol. The number of rotatable bonds is 3. The monoisotopic (exact) mass is 314 g/mol. The van der Waals surface area contributed by atoms with Crippen molar-refractivity contribution in [1.82, 2.24) is 30.0 Å². The van der Waals surface area contributed by atoms with E-state index < -0.39 is 0 Å². The summed E-state index contributed by atoms with van der Waals surface area (Å²) in [5, 5.41) is 7.32. The van der Waals surface area contributed by atoms with Crippen molar-refractivity contribution < 1.29 is 4.79 Å². The molecule has 1 aliphatic rings. The topological polar surface area (TPSA) is 75.9 Å². The van der Waals surface area contributed by atoms with Gasteiger partial charge in [-0.1, -0.05) is 0 Å². The quantitative estimate of drug-likeness (QED) is 0.938. The second-order valence-corrected chi connectivity index (χ2v) is 5.99. The van der Waals surface area contributed by atoms with Crippen LogP contribution in [0.2, 0.25) is 0 Å². The molecule has 122 valence electrons. The Labute approximate surface area is 135 Å². The molecule has 3 heterocycles. The number of aryl methyl sites for hydroxylation is 2. The van der Waals surface area contributed by atoms with Crippen molar-refractivity contribution in [2.24, 2.45) is 0 Å². The molecule has 1 fully saturated rings. The van der Waals surface area contributed by atoms with Crippen molar-refractivity contribution in [3.05, 3.63) is 41.7 Å². The molecule has 2 aromatic heterocycles. The van der Waals surface area contributed by atoms with Crippen molar-refractivity contribution in [3.63, 3.8) is 0 Å². The molecule has 2 aromatic rings. The first kappa shape index (κ1) is 15.5. The van der Waals surface area contributed by atoms with Gasteiger partial charge in [0.1, 0.15) is 5.82 Å². The van der Waals surface area contributed by atoms with Gasteiger partial charge in [-0.15, -0.1) is 0 Å². The second kappa shape index (κ2) is 6.76. The number of hydrogen-bond acceptors (Lipinski definition) is 4. The van der Waals surface area contributed by atoms with E-state index in [1.807, 2.05) is 41.9 Å². The molecule has 7 heteroatoms. The minimum Gasteiger partial charge on any atom is -0.332 e. The molecule has 0 radical (unpaired) electrons. The van der Waals surface area contributed by atoms with Crippen molar-refractivity contribution in [2.75, 3.05) is 13.1 Å². The average Bonchev–Trinajstić information content (AvgIpc) is 2.99. The van der Waals surface area contributed by atoms with Crippen LogP contribution in [0.4, 0.5) is 4.79 Å². The van der Waals surface area contributed by atoms with E-state index in [0.29, 0.717) is 18.9 Å². The Bertz CT molecular complexity index is 683. The molecule has 1 atom stereocenters. The van der Waals surface area contributed by atoms with E-state index in [9.17, 15) is 4.79 Å². The van der Waals surface area contributed by atoms with Gasteiger partial charge in [-0.25, -0.2) is 14.8 Å². The lowest BCUT2D eigenvalue weighted by Gasteiger charge is -2.32. The van der Waals surface area contributed by atoms with Gasteiger partial charge in [-0.3, -0.25) is 4.68 Å². The Morgan fingerprint density at radius 1 is 1.43 bits per heavy atom. The molecule has 1 N–H and O–H groups in total. The number of urea groups is 1. The molecule has 1 saturated heterocycles. The first-order valence-corrected chi connectivity index (χ1v) is 7.94. The molecule has 0 aromatic carbocycles. The summed E-state index contributed by atoms with van der Waals surface area (Å²) in [4.78, 5) is 22.6. The lowest BCUT2D eigenvalue weighted by molar-refractivity contribution is 0.163. The summed E-state index contributed by atoms with van der Waals surface area (Å²) in [5.41, 5.74) is 1.97. The normalized spacial score (nSPS) is 18.0. The number of likely N-dealkylation sites (tertiary alicyclic amines) is 1. The summed E-state index contributed by atoms with van der Waals surface area (Å²) >= 11 is 0. The lowest BCUT2D eigenvalue weighted by Crippen LogP contribution is -2.45. The van der Waals surface area contributed by atoms with E-state index >= 15 is 0 Å². The van der Waals surface area contributed by atoms with Crippen molar-refractivity contribution in [1.29, 1.82) is 0 Å². The van der Waals surface area contributed by atoms with E-state index in [2.05, 4.69) is 20.4 Å². The maximum atomic E-state index is 12.4. The molecule has 1 aliphatic heterocycles. The number of nitrogens with one attached hydrogen (secondary N) is 1. The fraction of sp³-hybridized carbons (Fsp3) is 0.500. The van der Waals surface area contributed by atoms with Crippen LogP contribution in [0.15, 0.2) is 24.7 Å². The molecule has 0 aliphatic carbocycles. The van der Waals surface area contributed by atoms with Gasteiger partial charge < -0.3 is 10.2 Å². The summed E-state index contributed by atoms with van der Waals surface area (Å²) in [5.74, 6) is 0.712. The Morgan fingerprint density at radius 2 is 2.30 bits per heavy atom. The number of carbonyl (C=O) groups excluding carboxylic acids is 1. The highest BCUT2D eigenvalue weighted by atomic mass is 16.2. The van der Waals surface area contributed by atoms with Crippen LogP contribution < -0.4 is 5.32 Å². The zero-order chi connectivity index (χ0) is 16.2. The number of carbonyl (C=O) groups is 1. The second-order valence-electron chi connectivity index (χ2n) is 5.99. The smallest absolute Gasteiger partial charge is 0.317 e. The number of nitrogens with zero attached hydrogens (tertiary/aromatic N) is 5. The van der Waals surface area contributed by atoms with E-state index in [-0.39, 0.29) is 12.1 Å². The largest absolute Gasteiger partial charge is 0.332 e. The molecule has 23 heavy (non-hydrogen) atoms. The third kappa shape index (κ3) is 3.85. The van der Waals surface area contributed by atoms with Gasteiger partial charge in [0.05, 0.1) is 24.5 Å².